The molecule has 2 aromatic heterocycles. The third-order valence-electron chi connectivity index (χ3n) is 4.70. The van der Waals surface area contributed by atoms with Crippen LogP contribution < -0.4 is 15.1 Å². The first-order chi connectivity index (χ1) is 13.5. The van der Waals surface area contributed by atoms with Crippen LogP contribution >= 0.6 is 11.6 Å². The predicted octanol–water partition coefficient (Wildman–Crippen LogP) is 2.30. The van der Waals surface area contributed by atoms with Crippen LogP contribution in [0, 0.1) is 0 Å². The van der Waals surface area contributed by atoms with Gasteiger partial charge in [-0.3, -0.25) is 14.6 Å². The fraction of sp³-hybridized carbons (Fsp3) is 0.333. The molecule has 2 aromatic rings. The Labute approximate surface area is 165 Å². The third-order valence-corrected chi connectivity index (χ3v) is 4.89. The van der Waals surface area contributed by atoms with Crippen LogP contribution in [0.3, 0.4) is 0 Å². The van der Waals surface area contributed by atoms with Crippen LogP contribution in [0.15, 0.2) is 24.3 Å². The molecule has 10 heteroatoms. The first-order valence-electron chi connectivity index (χ1n) is 8.67. The maximum absolute atomic E-state index is 13.2. The summed E-state index contributed by atoms with van der Waals surface area (Å²) in [5.41, 5.74) is 1.94. The van der Waals surface area contributed by atoms with Crippen LogP contribution in [0.25, 0.3) is 0 Å². The lowest BCUT2D eigenvalue weighted by Crippen LogP contribution is -2.36. The number of fused-ring (bicyclic) bond motifs is 1. The summed E-state index contributed by atoms with van der Waals surface area (Å²) in [6, 6.07) is 5.71. The Balaban J connectivity index is 1.68. The normalized spacial score (nSPS) is 18.6. The van der Waals surface area contributed by atoms with Crippen LogP contribution in [0.1, 0.15) is 21.6 Å². The van der Waals surface area contributed by atoms with Crippen molar-refractivity contribution in [1.82, 2.24) is 15.3 Å². The van der Waals surface area contributed by atoms with E-state index in [1.165, 1.54) is 9.80 Å². The summed E-state index contributed by atoms with van der Waals surface area (Å²) < 4.78 is 18.1. The maximum atomic E-state index is 13.2. The number of pyridine rings is 2. The number of ether oxygens (including phenoxy) is 1. The molecule has 4 heterocycles. The molecule has 2 aliphatic heterocycles. The molecular weight excluding hydrogens is 389 g/mol. The second-order valence-corrected chi connectivity index (χ2v) is 6.84. The molecule has 8 nitrogen and oxygen atoms in total. The minimum Gasteiger partial charge on any atom is -0.447 e. The summed E-state index contributed by atoms with van der Waals surface area (Å²) in [6.07, 6.45) is -0.657. The molecule has 146 valence electrons. The number of nitrogens with one attached hydrogen (secondary N) is 1. The number of nitrogens with zero attached hydrogens (tertiary/aromatic N) is 4. The molecule has 0 spiro atoms. The first kappa shape index (κ1) is 18.6. The van der Waals surface area contributed by atoms with E-state index in [1.54, 1.807) is 31.3 Å². The second kappa shape index (κ2) is 7.33. The molecule has 28 heavy (non-hydrogen) atoms. The SMILES string of the molecule is CNCc1nc(Cl)cc2c1CN(c1cccc(N3C(=O)OC[C@@H]3CF)n1)C2=O. The number of hydrogen-bond acceptors (Lipinski definition) is 6. The number of amides is 2. The molecule has 0 unspecified atom stereocenters. The van der Waals surface area contributed by atoms with Crippen LogP contribution in [0.4, 0.5) is 20.8 Å². The number of aromatic nitrogens is 2. The quantitative estimate of drug-likeness (QED) is 0.768. The first-order valence-corrected chi connectivity index (χ1v) is 9.05. The predicted molar refractivity (Wildman–Crippen MR) is 100 cm³/mol. The van der Waals surface area contributed by atoms with Crippen LogP contribution in [-0.4, -0.2) is 48.3 Å². The maximum Gasteiger partial charge on any atom is 0.416 e. The summed E-state index contributed by atoms with van der Waals surface area (Å²) in [7, 11) is 1.78. The van der Waals surface area contributed by atoms with Crippen molar-refractivity contribution in [3.63, 3.8) is 0 Å². The fourth-order valence-corrected chi connectivity index (χ4v) is 3.59. The molecule has 1 atom stereocenters. The summed E-state index contributed by atoms with van der Waals surface area (Å²) in [5, 5.41) is 3.25. The van der Waals surface area contributed by atoms with Gasteiger partial charge >= 0.3 is 6.09 Å². The molecule has 4 rings (SSSR count). The summed E-state index contributed by atoms with van der Waals surface area (Å²) in [6.45, 7) is -0.0335. The molecule has 2 amide bonds. The zero-order valence-electron chi connectivity index (χ0n) is 15.0. The van der Waals surface area contributed by atoms with Gasteiger partial charge in [0.25, 0.3) is 5.91 Å². The van der Waals surface area contributed by atoms with Gasteiger partial charge in [0.2, 0.25) is 0 Å². The monoisotopic (exact) mass is 405 g/mol. The van der Waals surface area contributed by atoms with Gasteiger partial charge in [-0.1, -0.05) is 17.7 Å². The van der Waals surface area contributed by atoms with Gasteiger partial charge in [0.05, 0.1) is 12.2 Å². The van der Waals surface area contributed by atoms with Gasteiger partial charge in [-0.25, -0.2) is 19.2 Å². The Morgan fingerprint density at radius 3 is 2.86 bits per heavy atom. The molecule has 0 bridgehead atoms. The van der Waals surface area contributed by atoms with E-state index < -0.39 is 18.8 Å². The average Bonchev–Trinajstić information content (AvgIpc) is 3.22. The van der Waals surface area contributed by atoms with Crippen molar-refractivity contribution in [3.8, 4) is 0 Å². The molecule has 0 aliphatic carbocycles. The average molecular weight is 406 g/mol. The number of alkyl halides is 1. The lowest BCUT2D eigenvalue weighted by Gasteiger charge is -2.21. The second-order valence-electron chi connectivity index (χ2n) is 6.45. The Kier molecular flexibility index (Phi) is 4.86. The Morgan fingerprint density at radius 2 is 2.11 bits per heavy atom. The lowest BCUT2D eigenvalue weighted by atomic mass is 10.1. The van der Waals surface area contributed by atoms with Gasteiger partial charge in [-0.05, 0) is 25.2 Å². The number of cyclic esters (lactones) is 1. The number of hydrogen-bond donors (Lipinski definition) is 1. The highest BCUT2D eigenvalue weighted by atomic mass is 35.5. The highest BCUT2D eigenvalue weighted by Crippen LogP contribution is 2.32. The van der Waals surface area contributed by atoms with Crippen molar-refractivity contribution in [2.45, 2.75) is 19.1 Å². The minimum absolute atomic E-state index is 0.0348. The topological polar surface area (TPSA) is 87.7 Å². The molecule has 1 fully saturated rings. The largest absolute Gasteiger partial charge is 0.447 e. The van der Waals surface area contributed by atoms with E-state index in [0.717, 1.165) is 5.56 Å². The minimum atomic E-state index is -0.747. The number of anilines is 2. The lowest BCUT2D eigenvalue weighted by molar-refractivity contribution is 0.0996. The summed E-state index contributed by atoms with van der Waals surface area (Å²) >= 11 is 6.06. The van der Waals surface area contributed by atoms with Crippen LogP contribution in [0.5, 0.6) is 0 Å². The van der Waals surface area contributed by atoms with Gasteiger partial charge in [0.15, 0.2) is 0 Å². The standard InChI is InChI=1S/C18H17ClFN5O3/c1-21-7-13-12-8-24(17(26)11(12)5-14(19)22-13)15-3-2-4-16(23-15)25-10(6-20)9-28-18(25)27/h2-5,10,21H,6-9H2,1H3/t10-/m0/s1. The van der Waals surface area contributed by atoms with Crippen molar-refractivity contribution in [2.24, 2.45) is 0 Å². The van der Waals surface area contributed by atoms with E-state index in [4.69, 9.17) is 16.3 Å². The summed E-state index contributed by atoms with van der Waals surface area (Å²) in [5.74, 6) is 0.327. The van der Waals surface area contributed by atoms with Gasteiger partial charge in [0.1, 0.15) is 36.1 Å². The van der Waals surface area contributed by atoms with Gasteiger partial charge in [-0.2, -0.15) is 0 Å². The molecular formula is C18H17ClFN5O3. The highest BCUT2D eigenvalue weighted by molar-refractivity contribution is 6.30. The van der Waals surface area contributed by atoms with Gasteiger partial charge in [0, 0.05) is 17.7 Å². The van der Waals surface area contributed by atoms with Crippen LogP contribution in [0.2, 0.25) is 5.15 Å². The van der Waals surface area contributed by atoms with Crippen molar-refractivity contribution >= 4 is 35.2 Å². The van der Waals surface area contributed by atoms with Crippen molar-refractivity contribution in [2.75, 3.05) is 30.1 Å². The molecule has 1 saturated heterocycles. The van der Waals surface area contributed by atoms with Gasteiger partial charge < -0.3 is 10.1 Å². The van der Waals surface area contributed by atoms with E-state index in [-0.39, 0.29) is 30.0 Å². The Morgan fingerprint density at radius 1 is 1.32 bits per heavy atom. The molecule has 2 aliphatic rings. The Bertz CT molecular complexity index is 957. The summed E-state index contributed by atoms with van der Waals surface area (Å²) in [4.78, 5) is 36.3. The molecule has 0 radical (unpaired) electrons. The zero-order valence-corrected chi connectivity index (χ0v) is 15.7. The van der Waals surface area contributed by atoms with E-state index in [9.17, 15) is 14.0 Å². The Hall–Kier alpha value is -2.78. The van der Waals surface area contributed by atoms with E-state index >= 15 is 0 Å². The number of carbonyl (C=O) groups is 2. The molecule has 1 N–H and O–H groups in total. The van der Waals surface area contributed by atoms with Gasteiger partial charge in [-0.15, -0.1) is 0 Å². The van der Waals surface area contributed by atoms with Crippen molar-refractivity contribution < 1.29 is 18.7 Å². The molecule has 0 aromatic carbocycles. The smallest absolute Gasteiger partial charge is 0.416 e. The van der Waals surface area contributed by atoms with E-state index in [2.05, 4.69) is 15.3 Å². The zero-order chi connectivity index (χ0) is 19.8. The van der Waals surface area contributed by atoms with E-state index in [1.807, 2.05) is 0 Å². The van der Waals surface area contributed by atoms with Crippen LogP contribution in [-0.2, 0) is 17.8 Å². The number of halogens is 2. The third kappa shape index (κ3) is 3.06. The fourth-order valence-electron chi connectivity index (χ4n) is 3.38. The van der Waals surface area contributed by atoms with Crippen molar-refractivity contribution in [3.05, 3.63) is 46.2 Å². The number of carbonyl (C=O) groups excluding carboxylic acids is 2. The highest BCUT2D eigenvalue weighted by Gasteiger charge is 2.37. The van der Waals surface area contributed by atoms with E-state index in [0.29, 0.717) is 23.6 Å². The van der Waals surface area contributed by atoms with Crippen molar-refractivity contribution in [1.29, 1.82) is 0 Å². The molecule has 0 saturated carbocycles. The number of rotatable bonds is 5.